The van der Waals surface area contributed by atoms with Gasteiger partial charge < -0.3 is 4.90 Å². The molecule has 1 aliphatic rings. The fraction of sp³-hybridized carbons (Fsp3) is 0.391. The van der Waals surface area contributed by atoms with Gasteiger partial charge in [-0.3, -0.25) is 14.2 Å². The molecule has 0 bridgehead atoms. The standard InChI is InChI=1S/C23H27N3O4S2/c1-3-10-26-20-9-8-19(16-21(20)31-23(26)28)32(29,30)25-13-11-24(12-14-25)22(27)15-18-7-5-4-6-17(18)2/h4-9,16H,3,10-15H2,1-2H3. The average Bonchev–Trinajstić information content (AvgIpc) is 3.10. The van der Waals surface area contributed by atoms with Crippen LogP contribution in [-0.4, -0.2) is 54.3 Å². The summed E-state index contributed by atoms with van der Waals surface area (Å²) in [5.74, 6) is 0.0137. The van der Waals surface area contributed by atoms with E-state index in [1.54, 1.807) is 27.7 Å². The van der Waals surface area contributed by atoms with Gasteiger partial charge in [0, 0.05) is 32.7 Å². The van der Waals surface area contributed by atoms with Crippen molar-refractivity contribution < 1.29 is 13.2 Å². The number of sulfonamides is 1. The first kappa shape index (κ1) is 22.7. The second-order valence-electron chi connectivity index (χ2n) is 8.04. The van der Waals surface area contributed by atoms with Gasteiger partial charge in [0.2, 0.25) is 15.9 Å². The lowest BCUT2D eigenvalue weighted by molar-refractivity contribution is -0.131. The third-order valence-electron chi connectivity index (χ3n) is 5.92. The zero-order valence-corrected chi connectivity index (χ0v) is 19.9. The summed E-state index contributed by atoms with van der Waals surface area (Å²) in [4.78, 5) is 26.8. The van der Waals surface area contributed by atoms with E-state index < -0.39 is 10.0 Å². The minimum absolute atomic E-state index is 0.0137. The van der Waals surface area contributed by atoms with Crippen molar-refractivity contribution in [3.63, 3.8) is 0 Å². The molecule has 9 heteroatoms. The molecule has 4 rings (SSSR count). The second kappa shape index (κ2) is 9.17. The molecule has 0 atom stereocenters. The van der Waals surface area contributed by atoms with Crippen molar-refractivity contribution in [3.05, 3.63) is 63.3 Å². The Balaban J connectivity index is 1.46. The van der Waals surface area contributed by atoms with E-state index in [9.17, 15) is 18.0 Å². The number of amides is 1. The minimum Gasteiger partial charge on any atom is -0.340 e. The predicted molar refractivity (Wildman–Crippen MR) is 127 cm³/mol. The maximum atomic E-state index is 13.2. The molecule has 1 aromatic heterocycles. The first-order chi connectivity index (χ1) is 15.3. The molecular weight excluding hydrogens is 446 g/mol. The van der Waals surface area contributed by atoms with Gasteiger partial charge in [0.15, 0.2) is 0 Å². The quantitative estimate of drug-likeness (QED) is 0.551. The number of thiazole rings is 1. The smallest absolute Gasteiger partial charge is 0.308 e. The Morgan fingerprint density at radius 1 is 1.06 bits per heavy atom. The van der Waals surface area contributed by atoms with Crippen molar-refractivity contribution in [3.8, 4) is 0 Å². The highest BCUT2D eigenvalue weighted by molar-refractivity contribution is 7.89. The third kappa shape index (κ3) is 4.37. The van der Waals surface area contributed by atoms with E-state index in [2.05, 4.69) is 0 Å². The maximum absolute atomic E-state index is 13.2. The van der Waals surface area contributed by atoms with Crippen LogP contribution in [0.15, 0.2) is 52.2 Å². The van der Waals surface area contributed by atoms with Crippen LogP contribution in [0.1, 0.15) is 24.5 Å². The van der Waals surface area contributed by atoms with E-state index in [1.165, 1.54) is 4.31 Å². The van der Waals surface area contributed by atoms with Crippen molar-refractivity contribution in [1.82, 2.24) is 13.8 Å². The van der Waals surface area contributed by atoms with Gasteiger partial charge in [-0.2, -0.15) is 4.31 Å². The molecule has 0 radical (unpaired) electrons. The molecule has 0 saturated carbocycles. The van der Waals surface area contributed by atoms with Crippen molar-refractivity contribution in [2.24, 2.45) is 0 Å². The van der Waals surface area contributed by atoms with Crippen molar-refractivity contribution in [2.75, 3.05) is 26.2 Å². The highest BCUT2D eigenvalue weighted by atomic mass is 32.2. The number of hydrogen-bond acceptors (Lipinski definition) is 5. The number of piperazine rings is 1. The highest BCUT2D eigenvalue weighted by Crippen LogP contribution is 2.25. The Labute approximate surface area is 191 Å². The number of rotatable bonds is 6. The number of carbonyl (C=O) groups is 1. The minimum atomic E-state index is -3.69. The van der Waals surface area contributed by atoms with E-state index >= 15 is 0 Å². The number of carbonyl (C=O) groups excluding carboxylic acids is 1. The summed E-state index contributed by atoms with van der Waals surface area (Å²) < 4.78 is 30.2. The number of aromatic nitrogens is 1. The highest BCUT2D eigenvalue weighted by Gasteiger charge is 2.30. The molecule has 2 aromatic carbocycles. The van der Waals surface area contributed by atoms with Gasteiger partial charge in [-0.25, -0.2) is 8.42 Å². The molecule has 0 spiro atoms. The monoisotopic (exact) mass is 473 g/mol. The molecule has 2 heterocycles. The molecule has 7 nitrogen and oxygen atoms in total. The lowest BCUT2D eigenvalue weighted by atomic mass is 10.1. The van der Waals surface area contributed by atoms with E-state index in [0.717, 1.165) is 34.4 Å². The Morgan fingerprint density at radius 3 is 2.47 bits per heavy atom. The Morgan fingerprint density at radius 2 is 1.78 bits per heavy atom. The third-order valence-corrected chi connectivity index (χ3v) is 8.76. The van der Waals surface area contributed by atoms with Crippen LogP contribution in [-0.2, 0) is 27.8 Å². The Bertz CT molecular complexity index is 1300. The molecule has 0 N–H and O–H groups in total. The Kier molecular flexibility index (Phi) is 6.50. The maximum Gasteiger partial charge on any atom is 0.308 e. The zero-order valence-electron chi connectivity index (χ0n) is 18.3. The molecule has 1 fully saturated rings. The summed E-state index contributed by atoms with van der Waals surface area (Å²) in [7, 11) is -3.69. The molecule has 3 aromatic rings. The van der Waals surface area contributed by atoms with E-state index in [1.807, 2.05) is 38.1 Å². The number of benzene rings is 2. The van der Waals surface area contributed by atoms with E-state index in [-0.39, 0.29) is 28.8 Å². The van der Waals surface area contributed by atoms with Gasteiger partial charge in [0.25, 0.3) is 0 Å². The number of hydrogen-bond donors (Lipinski definition) is 0. The van der Waals surface area contributed by atoms with E-state index in [0.29, 0.717) is 30.8 Å². The van der Waals surface area contributed by atoms with Crippen molar-refractivity contribution in [1.29, 1.82) is 0 Å². The van der Waals surface area contributed by atoms with Crippen LogP contribution < -0.4 is 4.87 Å². The fourth-order valence-corrected chi connectivity index (χ4v) is 6.53. The van der Waals surface area contributed by atoms with Crippen LogP contribution in [0.25, 0.3) is 10.2 Å². The van der Waals surface area contributed by atoms with E-state index in [4.69, 9.17) is 0 Å². The summed E-state index contributed by atoms with van der Waals surface area (Å²) >= 11 is 1.07. The molecule has 1 aliphatic heterocycles. The topological polar surface area (TPSA) is 79.7 Å². The Hall–Kier alpha value is -2.49. The van der Waals surface area contributed by atoms with Crippen LogP contribution in [0.3, 0.4) is 0 Å². The van der Waals surface area contributed by atoms with Crippen LogP contribution in [0.4, 0.5) is 0 Å². The second-order valence-corrected chi connectivity index (χ2v) is 11.0. The van der Waals surface area contributed by atoms with Crippen molar-refractivity contribution in [2.45, 2.75) is 38.1 Å². The van der Waals surface area contributed by atoms with Gasteiger partial charge in [0.05, 0.1) is 21.5 Å². The summed E-state index contributed by atoms with van der Waals surface area (Å²) in [6.45, 7) is 5.85. The lowest BCUT2D eigenvalue weighted by Crippen LogP contribution is -2.50. The van der Waals surface area contributed by atoms with Crippen molar-refractivity contribution >= 4 is 37.5 Å². The average molecular weight is 474 g/mol. The summed E-state index contributed by atoms with van der Waals surface area (Å²) in [6.07, 6.45) is 1.16. The largest absolute Gasteiger partial charge is 0.340 e. The molecular formula is C23H27N3O4S2. The SMILES string of the molecule is CCCn1c(=O)sc2cc(S(=O)(=O)N3CCN(C(=O)Cc4ccccc4C)CC3)ccc21. The summed E-state index contributed by atoms with van der Waals surface area (Å²) in [5, 5.41) is 0. The van der Waals surface area contributed by atoms with Gasteiger partial charge in [-0.15, -0.1) is 0 Å². The van der Waals surface area contributed by atoms with Crippen LogP contribution in [0.5, 0.6) is 0 Å². The molecule has 1 saturated heterocycles. The molecule has 0 aliphatic carbocycles. The number of fused-ring (bicyclic) bond motifs is 1. The first-order valence-corrected chi connectivity index (χ1v) is 13.0. The molecule has 32 heavy (non-hydrogen) atoms. The fourth-order valence-electron chi connectivity index (χ4n) is 4.05. The van der Waals surface area contributed by atoms with Gasteiger partial charge in [-0.1, -0.05) is 42.5 Å². The number of aryl methyl sites for hydroxylation is 2. The van der Waals surface area contributed by atoms with Crippen LogP contribution in [0, 0.1) is 6.92 Å². The zero-order chi connectivity index (χ0) is 22.9. The summed E-state index contributed by atoms with van der Waals surface area (Å²) in [5.41, 5.74) is 2.84. The van der Waals surface area contributed by atoms with Crippen LogP contribution in [0.2, 0.25) is 0 Å². The van der Waals surface area contributed by atoms with Gasteiger partial charge in [0.1, 0.15) is 0 Å². The number of nitrogens with zero attached hydrogens (tertiary/aromatic N) is 3. The lowest BCUT2D eigenvalue weighted by Gasteiger charge is -2.34. The summed E-state index contributed by atoms with van der Waals surface area (Å²) in [6, 6.07) is 12.7. The molecule has 0 unspecified atom stereocenters. The molecule has 1 amide bonds. The normalized spacial score (nSPS) is 15.4. The molecule has 170 valence electrons. The van der Waals surface area contributed by atoms with Gasteiger partial charge >= 0.3 is 4.87 Å². The predicted octanol–water partition coefficient (Wildman–Crippen LogP) is 2.86. The van der Waals surface area contributed by atoms with Gasteiger partial charge in [-0.05, 0) is 42.7 Å². The first-order valence-electron chi connectivity index (χ1n) is 10.8. The van der Waals surface area contributed by atoms with Crippen LogP contribution >= 0.6 is 11.3 Å².